The highest BCUT2D eigenvalue weighted by atomic mass is 15.3. The van der Waals surface area contributed by atoms with Gasteiger partial charge in [-0.05, 0) is 52.2 Å². The van der Waals surface area contributed by atoms with E-state index in [-0.39, 0.29) is 0 Å². The van der Waals surface area contributed by atoms with Gasteiger partial charge in [-0.25, -0.2) is 19.6 Å². The highest BCUT2D eigenvalue weighted by molar-refractivity contribution is 6.13. The number of pyridine rings is 1. The molecule has 0 amide bonds. The van der Waals surface area contributed by atoms with Crippen molar-refractivity contribution in [3.63, 3.8) is 0 Å². The standard InChI is InChI=1S/C43H28N6/c1-3-12-30(13-4-1)41-45-42(31-14-5-2-6-15-31)47-43(46-41)35-19-10-17-33(28-35)32-16-9-18-34(27-32)40-39-37-20-8-7-11-29(37)21-22-38(39)49(48-40)36-23-25-44-26-24-36/h1-28H. The van der Waals surface area contributed by atoms with Gasteiger partial charge in [0.25, 0.3) is 0 Å². The first-order chi connectivity index (χ1) is 24.3. The fourth-order valence-electron chi connectivity index (χ4n) is 6.40. The first-order valence-electron chi connectivity index (χ1n) is 16.2. The van der Waals surface area contributed by atoms with Crippen molar-refractivity contribution in [3.05, 3.63) is 170 Å². The van der Waals surface area contributed by atoms with Gasteiger partial charge in [-0.1, -0.05) is 127 Å². The van der Waals surface area contributed by atoms with Crippen LogP contribution in [0.2, 0.25) is 0 Å². The van der Waals surface area contributed by atoms with Crippen LogP contribution in [0.5, 0.6) is 0 Å². The Morgan fingerprint density at radius 2 is 0.939 bits per heavy atom. The lowest BCUT2D eigenvalue weighted by molar-refractivity contribution is 0.911. The zero-order valence-corrected chi connectivity index (χ0v) is 26.3. The van der Waals surface area contributed by atoms with E-state index in [4.69, 9.17) is 20.1 Å². The minimum Gasteiger partial charge on any atom is -0.265 e. The van der Waals surface area contributed by atoms with Gasteiger partial charge in [0.2, 0.25) is 0 Å². The molecule has 9 rings (SSSR count). The maximum atomic E-state index is 5.22. The van der Waals surface area contributed by atoms with Crippen LogP contribution >= 0.6 is 0 Å². The molecule has 3 heterocycles. The minimum atomic E-state index is 0.624. The van der Waals surface area contributed by atoms with E-state index in [1.54, 1.807) is 12.4 Å². The Labute approximate surface area is 283 Å². The summed E-state index contributed by atoms with van der Waals surface area (Å²) < 4.78 is 2.02. The normalized spacial score (nSPS) is 11.3. The summed E-state index contributed by atoms with van der Waals surface area (Å²) in [5.41, 5.74) is 8.92. The van der Waals surface area contributed by atoms with E-state index in [0.29, 0.717) is 17.5 Å². The molecule has 230 valence electrons. The van der Waals surface area contributed by atoms with E-state index < -0.39 is 0 Å². The summed E-state index contributed by atoms with van der Waals surface area (Å²) >= 11 is 0. The second-order valence-electron chi connectivity index (χ2n) is 11.8. The molecule has 0 spiro atoms. The number of fused-ring (bicyclic) bond motifs is 3. The highest BCUT2D eigenvalue weighted by Gasteiger charge is 2.18. The van der Waals surface area contributed by atoms with Gasteiger partial charge in [-0.3, -0.25) is 4.98 Å². The van der Waals surface area contributed by atoms with Crippen LogP contribution in [0, 0.1) is 0 Å². The molecule has 0 bridgehead atoms. The summed E-state index contributed by atoms with van der Waals surface area (Å²) in [6.45, 7) is 0. The maximum Gasteiger partial charge on any atom is 0.164 e. The van der Waals surface area contributed by atoms with E-state index in [9.17, 15) is 0 Å². The minimum absolute atomic E-state index is 0.624. The smallest absolute Gasteiger partial charge is 0.164 e. The van der Waals surface area contributed by atoms with Crippen molar-refractivity contribution in [1.82, 2.24) is 29.7 Å². The molecule has 6 heteroatoms. The SMILES string of the molecule is c1ccc(-c2nc(-c3ccccc3)nc(-c3cccc(-c4cccc(-c5nn(-c6ccncc6)c6ccc7ccccc7c56)c4)c3)n2)cc1. The van der Waals surface area contributed by atoms with Gasteiger partial charge in [-0.2, -0.15) is 5.10 Å². The molecule has 0 atom stereocenters. The van der Waals surface area contributed by atoms with Crippen molar-refractivity contribution >= 4 is 21.7 Å². The fourth-order valence-corrected chi connectivity index (χ4v) is 6.40. The molecule has 0 unspecified atom stereocenters. The van der Waals surface area contributed by atoms with E-state index >= 15 is 0 Å². The Balaban J connectivity index is 1.17. The van der Waals surface area contributed by atoms with Crippen molar-refractivity contribution in [2.24, 2.45) is 0 Å². The first-order valence-corrected chi connectivity index (χ1v) is 16.2. The summed E-state index contributed by atoms with van der Waals surface area (Å²) in [5, 5.41) is 8.68. The van der Waals surface area contributed by atoms with Crippen molar-refractivity contribution in [3.8, 4) is 62.2 Å². The molecule has 49 heavy (non-hydrogen) atoms. The first kappa shape index (κ1) is 28.4. The molecule has 0 saturated carbocycles. The van der Waals surface area contributed by atoms with Crippen LogP contribution in [-0.2, 0) is 0 Å². The molecule has 6 nitrogen and oxygen atoms in total. The molecular weight excluding hydrogens is 601 g/mol. The van der Waals surface area contributed by atoms with E-state index in [2.05, 4.69) is 89.9 Å². The summed E-state index contributed by atoms with van der Waals surface area (Å²) in [4.78, 5) is 19.0. The quantitative estimate of drug-likeness (QED) is 0.183. The number of hydrogen-bond donors (Lipinski definition) is 0. The third-order valence-corrected chi connectivity index (χ3v) is 8.77. The molecule has 0 aliphatic rings. The molecule has 3 aromatic heterocycles. The maximum absolute atomic E-state index is 5.22. The van der Waals surface area contributed by atoms with Crippen LogP contribution in [0.1, 0.15) is 0 Å². The van der Waals surface area contributed by atoms with Crippen LogP contribution in [0.25, 0.3) is 83.9 Å². The molecule has 6 aromatic carbocycles. The Bertz CT molecular complexity index is 2540. The van der Waals surface area contributed by atoms with Crippen LogP contribution in [-0.4, -0.2) is 29.7 Å². The number of rotatable bonds is 6. The molecular formula is C43H28N6. The number of benzene rings is 6. The highest BCUT2D eigenvalue weighted by Crippen LogP contribution is 2.37. The molecule has 0 saturated heterocycles. The zero-order chi connectivity index (χ0) is 32.6. The molecule has 0 aliphatic heterocycles. The van der Waals surface area contributed by atoms with Crippen molar-refractivity contribution in [2.45, 2.75) is 0 Å². The average Bonchev–Trinajstić information content (AvgIpc) is 3.59. The van der Waals surface area contributed by atoms with Gasteiger partial charge in [0.05, 0.1) is 11.2 Å². The van der Waals surface area contributed by atoms with Crippen LogP contribution in [0.4, 0.5) is 0 Å². The molecule has 0 radical (unpaired) electrons. The van der Waals surface area contributed by atoms with Crippen molar-refractivity contribution in [1.29, 1.82) is 0 Å². The molecule has 0 N–H and O–H groups in total. The Morgan fingerprint density at radius 3 is 1.61 bits per heavy atom. The van der Waals surface area contributed by atoms with Crippen molar-refractivity contribution < 1.29 is 0 Å². The third kappa shape index (κ3) is 5.31. The number of hydrogen-bond acceptors (Lipinski definition) is 5. The number of nitrogens with zero attached hydrogens (tertiary/aromatic N) is 6. The van der Waals surface area contributed by atoms with E-state index in [1.165, 1.54) is 10.8 Å². The van der Waals surface area contributed by atoms with Gasteiger partial charge >= 0.3 is 0 Å². The summed E-state index contributed by atoms with van der Waals surface area (Å²) in [6.07, 6.45) is 3.60. The van der Waals surface area contributed by atoms with Gasteiger partial charge in [-0.15, -0.1) is 0 Å². The summed E-state index contributed by atoms with van der Waals surface area (Å²) in [6, 6.07) is 53.9. The van der Waals surface area contributed by atoms with Gasteiger partial charge in [0.1, 0.15) is 5.69 Å². The second-order valence-corrected chi connectivity index (χ2v) is 11.8. The second kappa shape index (κ2) is 12.1. The predicted molar refractivity (Wildman–Crippen MR) is 197 cm³/mol. The summed E-state index contributed by atoms with van der Waals surface area (Å²) in [5.74, 6) is 1.90. The molecule has 0 fully saturated rings. The Kier molecular flexibility index (Phi) is 7.02. The molecule has 0 aliphatic carbocycles. The van der Waals surface area contributed by atoms with Crippen LogP contribution < -0.4 is 0 Å². The van der Waals surface area contributed by atoms with Gasteiger partial charge in [0.15, 0.2) is 17.5 Å². The van der Waals surface area contributed by atoms with Crippen LogP contribution in [0.15, 0.2) is 170 Å². The Hall–Kier alpha value is -6.79. The summed E-state index contributed by atoms with van der Waals surface area (Å²) in [7, 11) is 0. The fraction of sp³-hybridized carbons (Fsp3) is 0. The average molecular weight is 629 g/mol. The van der Waals surface area contributed by atoms with Gasteiger partial charge in [0, 0.05) is 40.0 Å². The van der Waals surface area contributed by atoms with E-state index in [0.717, 1.165) is 55.7 Å². The largest absolute Gasteiger partial charge is 0.265 e. The molecule has 9 aromatic rings. The lowest BCUT2D eigenvalue weighted by Crippen LogP contribution is -2.00. The Morgan fingerprint density at radius 1 is 0.408 bits per heavy atom. The lowest BCUT2D eigenvalue weighted by Gasteiger charge is -2.10. The third-order valence-electron chi connectivity index (χ3n) is 8.77. The van der Waals surface area contributed by atoms with Gasteiger partial charge < -0.3 is 0 Å². The number of aromatic nitrogens is 6. The van der Waals surface area contributed by atoms with Crippen LogP contribution in [0.3, 0.4) is 0 Å². The lowest BCUT2D eigenvalue weighted by atomic mass is 9.97. The zero-order valence-electron chi connectivity index (χ0n) is 26.3. The predicted octanol–water partition coefficient (Wildman–Crippen LogP) is 10.1. The monoisotopic (exact) mass is 628 g/mol. The van der Waals surface area contributed by atoms with Crippen molar-refractivity contribution in [2.75, 3.05) is 0 Å². The topological polar surface area (TPSA) is 69.4 Å². The van der Waals surface area contributed by atoms with E-state index in [1.807, 2.05) is 77.5 Å².